The second-order valence-electron chi connectivity index (χ2n) is 6.36. The SMILES string of the molecule is CCCOc1ccccc1C(=O)NNC(=O)COc1ccc(C(C)C)cc1. The highest BCUT2D eigenvalue weighted by Crippen LogP contribution is 2.19. The smallest absolute Gasteiger partial charge is 0.276 e. The Labute approximate surface area is 159 Å². The molecule has 0 aliphatic heterocycles. The summed E-state index contributed by atoms with van der Waals surface area (Å²) in [5, 5.41) is 0. The average molecular weight is 370 g/mol. The van der Waals surface area contributed by atoms with E-state index in [0.717, 1.165) is 6.42 Å². The summed E-state index contributed by atoms with van der Waals surface area (Å²) in [7, 11) is 0. The molecule has 0 aliphatic carbocycles. The molecule has 2 N–H and O–H groups in total. The Kier molecular flexibility index (Phi) is 7.67. The van der Waals surface area contributed by atoms with E-state index in [2.05, 4.69) is 24.7 Å². The van der Waals surface area contributed by atoms with Gasteiger partial charge in [0.1, 0.15) is 11.5 Å². The molecule has 2 aromatic carbocycles. The van der Waals surface area contributed by atoms with Crippen LogP contribution in [0.1, 0.15) is 49.0 Å². The largest absolute Gasteiger partial charge is 0.493 e. The van der Waals surface area contributed by atoms with Crippen LogP contribution in [0.15, 0.2) is 48.5 Å². The number of benzene rings is 2. The van der Waals surface area contributed by atoms with Crippen molar-refractivity contribution in [3.63, 3.8) is 0 Å². The molecular weight excluding hydrogens is 344 g/mol. The number of para-hydroxylation sites is 1. The van der Waals surface area contributed by atoms with Crippen molar-refractivity contribution >= 4 is 11.8 Å². The molecular formula is C21H26N2O4. The maximum Gasteiger partial charge on any atom is 0.276 e. The quantitative estimate of drug-likeness (QED) is 0.698. The first-order valence-electron chi connectivity index (χ1n) is 9.05. The summed E-state index contributed by atoms with van der Waals surface area (Å²) < 4.78 is 11.0. The van der Waals surface area contributed by atoms with Crippen LogP contribution in [0.2, 0.25) is 0 Å². The summed E-state index contributed by atoms with van der Waals surface area (Å²) in [6.07, 6.45) is 0.835. The molecule has 2 amide bonds. The Hall–Kier alpha value is -3.02. The fourth-order valence-electron chi connectivity index (χ4n) is 2.32. The first-order valence-corrected chi connectivity index (χ1v) is 9.05. The number of hydrazine groups is 1. The van der Waals surface area contributed by atoms with E-state index in [1.54, 1.807) is 24.3 Å². The van der Waals surface area contributed by atoms with Crippen molar-refractivity contribution in [3.8, 4) is 11.5 Å². The first kappa shape index (κ1) is 20.3. The number of carbonyl (C=O) groups is 2. The Morgan fingerprint density at radius 3 is 2.33 bits per heavy atom. The summed E-state index contributed by atoms with van der Waals surface area (Å²) in [6.45, 7) is 6.52. The van der Waals surface area contributed by atoms with E-state index in [1.807, 2.05) is 31.2 Å². The van der Waals surface area contributed by atoms with Crippen LogP contribution in [0, 0.1) is 0 Å². The monoisotopic (exact) mass is 370 g/mol. The van der Waals surface area contributed by atoms with Crippen LogP contribution in [0.5, 0.6) is 11.5 Å². The molecule has 0 atom stereocenters. The Bertz CT molecular complexity index is 757. The highest BCUT2D eigenvalue weighted by Gasteiger charge is 2.13. The minimum atomic E-state index is -0.455. The average Bonchev–Trinajstić information content (AvgIpc) is 2.69. The lowest BCUT2D eigenvalue weighted by Gasteiger charge is -2.12. The van der Waals surface area contributed by atoms with Gasteiger partial charge in [0.15, 0.2) is 6.61 Å². The van der Waals surface area contributed by atoms with Crippen LogP contribution in [-0.4, -0.2) is 25.0 Å². The lowest BCUT2D eigenvalue weighted by Crippen LogP contribution is -2.43. The van der Waals surface area contributed by atoms with Crippen LogP contribution < -0.4 is 20.3 Å². The molecule has 0 saturated carbocycles. The Morgan fingerprint density at radius 1 is 0.963 bits per heavy atom. The molecule has 0 spiro atoms. The van der Waals surface area contributed by atoms with Crippen molar-refractivity contribution in [1.82, 2.24) is 10.9 Å². The predicted molar refractivity (Wildman–Crippen MR) is 104 cm³/mol. The molecule has 2 rings (SSSR count). The van der Waals surface area contributed by atoms with Gasteiger partial charge >= 0.3 is 0 Å². The minimum absolute atomic E-state index is 0.199. The molecule has 144 valence electrons. The highest BCUT2D eigenvalue weighted by molar-refractivity contribution is 5.97. The number of hydrogen-bond acceptors (Lipinski definition) is 4. The van der Waals surface area contributed by atoms with Crippen LogP contribution in [-0.2, 0) is 4.79 Å². The molecule has 0 fully saturated rings. The highest BCUT2D eigenvalue weighted by atomic mass is 16.5. The zero-order valence-electron chi connectivity index (χ0n) is 16.0. The summed E-state index contributed by atoms with van der Waals surface area (Å²) in [4.78, 5) is 24.2. The topological polar surface area (TPSA) is 76.7 Å². The summed E-state index contributed by atoms with van der Waals surface area (Å²) in [5.41, 5.74) is 6.28. The van der Waals surface area contributed by atoms with E-state index in [0.29, 0.717) is 29.6 Å². The van der Waals surface area contributed by atoms with Gasteiger partial charge in [0.05, 0.1) is 12.2 Å². The van der Waals surface area contributed by atoms with E-state index in [4.69, 9.17) is 9.47 Å². The third kappa shape index (κ3) is 6.33. The van der Waals surface area contributed by atoms with Gasteiger partial charge < -0.3 is 9.47 Å². The third-order valence-corrected chi connectivity index (χ3v) is 3.83. The van der Waals surface area contributed by atoms with Crippen LogP contribution in [0.3, 0.4) is 0 Å². The fourth-order valence-corrected chi connectivity index (χ4v) is 2.32. The maximum atomic E-state index is 12.3. The number of nitrogens with one attached hydrogen (secondary N) is 2. The normalized spacial score (nSPS) is 10.4. The van der Waals surface area contributed by atoms with Gasteiger partial charge in [-0.2, -0.15) is 0 Å². The molecule has 2 aromatic rings. The number of carbonyl (C=O) groups excluding carboxylic acids is 2. The first-order chi connectivity index (χ1) is 13.0. The summed E-state index contributed by atoms with van der Waals surface area (Å²) >= 11 is 0. The molecule has 0 radical (unpaired) electrons. The van der Waals surface area contributed by atoms with E-state index < -0.39 is 11.8 Å². The van der Waals surface area contributed by atoms with Gasteiger partial charge in [-0.1, -0.05) is 45.0 Å². The van der Waals surface area contributed by atoms with Gasteiger partial charge in [0.2, 0.25) is 0 Å². The van der Waals surface area contributed by atoms with Crippen molar-refractivity contribution in [3.05, 3.63) is 59.7 Å². The molecule has 27 heavy (non-hydrogen) atoms. The van der Waals surface area contributed by atoms with Gasteiger partial charge in [-0.05, 0) is 42.2 Å². The Morgan fingerprint density at radius 2 is 1.67 bits per heavy atom. The van der Waals surface area contributed by atoms with Crippen molar-refractivity contribution < 1.29 is 19.1 Å². The third-order valence-electron chi connectivity index (χ3n) is 3.83. The van der Waals surface area contributed by atoms with E-state index in [1.165, 1.54) is 5.56 Å². The molecule has 0 bridgehead atoms. The number of rotatable bonds is 8. The van der Waals surface area contributed by atoms with Gasteiger partial charge in [-0.25, -0.2) is 0 Å². The zero-order chi connectivity index (χ0) is 19.6. The van der Waals surface area contributed by atoms with Gasteiger partial charge in [0, 0.05) is 0 Å². The summed E-state index contributed by atoms with van der Waals surface area (Å²) in [6, 6.07) is 14.5. The van der Waals surface area contributed by atoms with E-state index >= 15 is 0 Å². The fraction of sp³-hybridized carbons (Fsp3) is 0.333. The predicted octanol–water partition coefficient (Wildman–Crippen LogP) is 3.44. The Balaban J connectivity index is 1.82. The lowest BCUT2D eigenvalue weighted by molar-refractivity contribution is -0.123. The standard InChI is InChI=1S/C21H26N2O4/c1-4-13-26-19-8-6-5-7-18(19)21(25)23-22-20(24)14-27-17-11-9-16(10-12-17)15(2)3/h5-12,15H,4,13-14H2,1-3H3,(H,22,24)(H,23,25). The molecule has 0 heterocycles. The van der Waals surface area contributed by atoms with Gasteiger partial charge in [-0.15, -0.1) is 0 Å². The van der Waals surface area contributed by atoms with Crippen LogP contribution in [0.4, 0.5) is 0 Å². The molecule has 0 unspecified atom stereocenters. The zero-order valence-corrected chi connectivity index (χ0v) is 16.0. The van der Waals surface area contributed by atoms with Crippen LogP contribution >= 0.6 is 0 Å². The van der Waals surface area contributed by atoms with Crippen molar-refractivity contribution in [2.45, 2.75) is 33.1 Å². The van der Waals surface area contributed by atoms with Crippen molar-refractivity contribution in [2.24, 2.45) is 0 Å². The summed E-state index contributed by atoms with van der Waals surface area (Å²) in [5.74, 6) is 0.605. The lowest BCUT2D eigenvalue weighted by atomic mass is 10.0. The van der Waals surface area contributed by atoms with E-state index in [9.17, 15) is 9.59 Å². The molecule has 0 aliphatic rings. The second-order valence-corrected chi connectivity index (χ2v) is 6.36. The second kappa shape index (κ2) is 10.2. The van der Waals surface area contributed by atoms with Crippen LogP contribution in [0.25, 0.3) is 0 Å². The number of hydrogen-bond donors (Lipinski definition) is 2. The molecule has 6 heteroatoms. The number of ether oxygens (including phenoxy) is 2. The van der Waals surface area contributed by atoms with Gasteiger partial charge in [-0.3, -0.25) is 20.4 Å². The molecule has 0 aromatic heterocycles. The van der Waals surface area contributed by atoms with E-state index in [-0.39, 0.29) is 6.61 Å². The van der Waals surface area contributed by atoms with Crippen molar-refractivity contribution in [1.29, 1.82) is 0 Å². The number of amides is 2. The van der Waals surface area contributed by atoms with Gasteiger partial charge in [0.25, 0.3) is 11.8 Å². The molecule has 0 saturated heterocycles. The maximum absolute atomic E-state index is 12.3. The minimum Gasteiger partial charge on any atom is -0.493 e. The molecule has 6 nitrogen and oxygen atoms in total. The van der Waals surface area contributed by atoms with Crippen molar-refractivity contribution in [2.75, 3.05) is 13.2 Å².